The molecule has 21 heavy (non-hydrogen) atoms. The van der Waals surface area contributed by atoms with Crippen LogP contribution in [0.5, 0.6) is 0 Å². The lowest BCUT2D eigenvalue weighted by Crippen LogP contribution is -2.65. The van der Waals surface area contributed by atoms with Crippen molar-refractivity contribution in [2.45, 2.75) is 62.2 Å². The van der Waals surface area contributed by atoms with Crippen molar-refractivity contribution in [2.75, 3.05) is 13.1 Å². The minimum Gasteiger partial charge on any atom is -0.481 e. The predicted octanol–water partition coefficient (Wildman–Crippen LogP) is 0.950. The van der Waals surface area contributed by atoms with Crippen molar-refractivity contribution >= 4 is 16.0 Å². The largest absolute Gasteiger partial charge is 0.481 e. The summed E-state index contributed by atoms with van der Waals surface area (Å²) in [5.41, 5.74) is -2.60. The summed E-state index contributed by atoms with van der Waals surface area (Å²) in [5.74, 6) is -0.992. The maximum Gasteiger partial charge on any atom is 0.312 e. The first-order chi connectivity index (χ1) is 9.67. The van der Waals surface area contributed by atoms with Gasteiger partial charge >= 0.3 is 5.97 Å². The van der Waals surface area contributed by atoms with Crippen molar-refractivity contribution in [3.05, 3.63) is 0 Å². The van der Waals surface area contributed by atoms with Crippen LogP contribution in [-0.4, -0.2) is 52.3 Å². The number of sulfonamides is 1. The number of hydrogen-bond donors (Lipinski definition) is 2. The van der Waals surface area contributed by atoms with Crippen LogP contribution >= 0.6 is 0 Å². The molecule has 0 aromatic heterocycles. The highest BCUT2D eigenvalue weighted by molar-refractivity contribution is 7.90. The van der Waals surface area contributed by atoms with E-state index < -0.39 is 31.8 Å². The molecule has 0 aromatic carbocycles. The van der Waals surface area contributed by atoms with Crippen LogP contribution in [0.4, 0.5) is 0 Å². The molecule has 0 aromatic rings. The van der Waals surface area contributed by atoms with Gasteiger partial charge in [0.25, 0.3) is 0 Å². The third-order valence-corrected chi connectivity index (χ3v) is 8.51. The quantitative estimate of drug-likeness (QED) is 0.805. The first-order valence-corrected chi connectivity index (χ1v) is 9.07. The molecule has 1 saturated heterocycles. The van der Waals surface area contributed by atoms with Crippen molar-refractivity contribution in [1.29, 1.82) is 0 Å². The van der Waals surface area contributed by atoms with Crippen LogP contribution in [0, 0.1) is 5.41 Å². The van der Waals surface area contributed by atoms with Crippen LogP contribution in [0.2, 0.25) is 0 Å². The fourth-order valence-electron chi connectivity index (χ4n) is 3.75. The Hall–Kier alpha value is -0.660. The highest BCUT2D eigenvalue weighted by Crippen LogP contribution is 2.54. The molecule has 0 radical (unpaired) electrons. The SMILES string of the molecule is CC1(S(=O)(=O)N2CCCC(O)(C3(C(=O)O)CCC3)C2)CC1. The van der Waals surface area contributed by atoms with Crippen LogP contribution in [-0.2, 0) is 14.8 Å². The van der Waals surface area contributed by atoms with Gasteiger partial charge in [0, 0.05) is 13.1 Å². The number of β-amino-alcohol motifs (C(OH)–C–C–N with tert-alkyl or cyclic N) is 1. The van der Waals surface area contributed by atoms with Gasteiger partial charge in [-0.3, -0.25) is 4.79 Å². The zero-order valence-electron chi connectivity index (χ0n) is 12.3. The van der Waals surface area contributed by atoms with Gasteiger partial charge in [0.1, 0.15) is 0 Å². The Morgan fingerprint density at radius 3 is 2.14 bits per heavy atom. The molecular weight excluding hydrogens is 294 g/mol. The Kier molecular flexibility index (Phi) is 3.21. The van der Waals surface area contributed by atoms with Gasteiger partial charge in [-0.2, -0.15) is 4.31 Å². The van der Waals surface area contributed by atoms with Gasteiger partial charge in [0.05, 0.1) is 15.8 Å². The van der Waals surface area contributed by atoms with Crippen molar-refractivity contribution in [1.82, 2.24) is 4.31 Å². The Morgan fingerprint density at radius 2 is 1.71 bits per heavy atom. The molecule has 120 valence electrons. The molecule has 1 aliphatic heterocycles. The lowest BCUT2D eigenvalue weighted by Gasteiger charge is -2.53. The first-order valence-electron chi connectivity index (χ1n) is 7.63. The molecule has 7 heteroatoms. The van der Waals surface area contributed by atoms with E-state index in [9.17, 15) is 23.4 Å². The van der Waals surface area contributed by atoms with E-state index in [4.69, 9.17) is 0 Å². The Morgan fingerprint density at radius 1 is 1.10 bits per heavy atom. The van der Waals surface area contributed by atoms with E-state index in [1.807, 2.05) is 0 Å². The molecule has 2 saturated carbocycles. The maximum atomic E-state index is 12.6. The normalized spacial score (nSPS) is 35.0. The minimum atomic E-state index is -3.45. The maximum absolute atomic E-state index is 12.6. The summed E-state index contributed by atoms with van der Waals surface area (Å²) in [5, 5.41) is 20.5. The number of nitrogens with zero attached hydrogens (tertiary/aromatic N) is 1. The van der Waals surface area contributed by atoms with Crippen molar-refractivity contribution in [2.24, 2.45) is 5.41 Å². The smallest absolute Gasteiger partial charge is 0.312 e. The molecule has 3 fully saturated rings. The fraction of sp³-hybridized carbons (Fsp3) is 0.929. The number of piperidine rings is 1. The van der Waals surface area contributed by atoms with E-state index in [0.29, 0.717) is 45.1 Å². The third kappa shape index (κ3) is 1.97. The lowest BCUT2D eigenvalue weighted by molar-refractivity contribution is -0.191. The molecule has 1 unspecified atom stereocenters. The third-order valence-electron chi connectivity index (χ3n) is 5.86. The minimum absolute atomic E-state index is 0.0722. The van der Waals surface area contributed by atoms with Gasteiger partial charge in [0.2, 0.25) is 10.0 Å². The number of aliphatic carboxylic acids is 1. The molecule has 6 nitrogen and oxygen atoms in total. The number of carbonyl (C=O) groups is 1. The van der Waals surface area contributed by atoms with Gasteiger partial charge < -0.3 is 10.2 Å². The van der Waals surface area contributed by atoms with Crippen LogP contribution in [0.1, 0.15) is 51.9 Å². The van der Waals surface area contributed by atoms with Gasteiger partial charge in [-0.05, 0) is 45.4 Å². The Labute approximate surface area is 125 Å². The van der Waals surface area contributed by atoms with Gasteiger partial charge in [0.15, 0.2) is 0 Å². The molecule has 1 atom stereocenters. The molecule has 3 aliphatic rings. The van der Waals surface area contributed by atoms with Crippen molar-refractivity contribution in [3.63, 3.8) is 0 Å². The number of hydrogen-bond acceptors (Lipinski definition) is 4. The van der Waals surface area contributed by atoms with Crippen LogP contribution in [0.15, 0.2) is 0 Å². The first kappa shape index (κ1) is 15.2. The fourth-order valence-corrected chi connectivity index (χ4v) is 5.74. The van der Waals surface area contributed by atoms with E-state index in [1.54, 1.807) is 6.92 Å². The van der Waals surface area contributed by atoms with Gasteiger partial charge in [-0.15, -0.1) is 0 Å². The summed E-state index contributed by atoms with van der Waals surface area (Å²) >= 11 is 0. The lowest BCUT2D eigenvalue weighted by atomic mass is 9.56. The van der Waals surface area contributed by atoms with E-state index in [0.717, 1.165) is 6.42 Å². The van der Waals surface area contributed by atoms with Gasteiger partial charge in [-0.1, -0.05) is 6.42 Å². The Balaban J connectivity index is 1.88. The molecular formula is C14H23NO5S. The second-order valence-electron chi connectivity index (χ2n) is 7.16. The predicted molar refractivity (Wildman–Crippen MR) is 76.2 cm³/mol. The molecule has 3 rings (SSSR count). The second kappa shape index (κ2) is 4.43. The average Bonchev–Trinajstić information content (AvgIpc) is 3.06. The van der Waals surface area contributed by atoms with Crippen LogP contribution in [0.25, 0.3) is 0 Å². The van der Waals surface area contributed by atoms with E-state index in [1.165, 1.54) is 4.31 Å². The van der Waals surface area contributed by atoms with Crippen molar-refractivity contribution in [3.8, 4) is 0 Å². The summed E-state index contributed by atoms with van der Waals surface area (Å²) in [6.45, 7) is 2.04. The zero-order valence-corrected chi connectivity index (χ0v) is 13.2. The molecule has 0 bridgehead atoms. The summed E-state index contributed by atoms with van der Waals surface area (Å²) in [7, 11) is -3.45. The summed E-state index contributed by atoms with van der Waals surface area (Å²) in [4.78, 5) is 11.6. The number of carboxylic acids is 1. The number of carboxylic acid groups (broad SMARTS) is 1. The van der Waals surface area contributed by atoms with Crippen molar-refractivity contribution < 1.29 is 23.4 Å². The molecule has 0 spiro atoms. The highest BCUT2D eigenvalue weighted by atomic mass is 32.2. The standard InChI is InChI=1S/C14H23NO5S/c1-12(7-8-12)21(19,20)15-9-3-6-14(18,10-15)13(11(16)17)4-2-5-13/h18H,2-10H2,1H3,(H,16,17). The average molecular weight is 317 g/mol. The van der Waals surface area contributed by atoms with Crippen LogP contribution in [0.3, 0.4) is 0 Å². The summed E-state index contributed by atoms with van der Waals surface area (Å²) in [6.07, 6.45) is 3.82. The van der Waals surface area contributed by atoms with E-state index in [-0.39, 0.29) is 6.54 Å². The summed E-state index contributed by atoms with van der Waals surface area (Å²) in [6, 6.07) is 0. The van der Waals surface area contributed by atoms with E-state index in [2.05, 4.69) is 0 Å². The zero-order chi connectivity index (χ0) is 15.5. The topological polar surface area (TPSA) is 94.9 Å². The molecule has 2 N–H and O–H groups in total. The molecule has 0 amide bonds. The summed E-state index contributed by atoms with van der Waals surface area (Å²) < 4.78 is 25.9. The van der Waals surface area contributed by atoms with E-state index >= 15 is 0 Å². The number of rotatable bonds is 4. The molecule has 2 aliphatic carbocycles. The monoisotopic (exact) mass is 317 g/mol. The van der Waals surface area contributed by atoms with Crippen LogP contribution < -0.4 is 0 Å². The van der Waals surface area contributed by atoms with Gasteiger partial charge in [-0.25, -0.2) is 8.42 Å². The Bertz CT molecular complexity index is 564. The number of aliphatic hydroxyl groups is 1. The molecule has 1 heterocycles. The highest BCUT2D eigenvalue weighted by Gasteiger charge is 2.63. The second-order valence-corrected chi connectivity index (χ2v) is 9.62.